The molecule has 7 heteroatoms. The molecule has 0 heterocycles. The second kappa shape index (κ2) is 9.23. The third-order valence-corrected chi connectivity index (χ3v) is 5.14. The molecule has 1 atom stereocenters. The number of hydrogen-bond donors (Lipinski definition) is 2. The largest absolute Gasteiger partial charge is 0.480 e. The summed E-state index contributed by atoms with van der Waals surface area (Å²) >= 11 is 1.15. The van der Waals surface area contributed by atoms with Crippen molar-refractivity contribution in [2.75, 3.05) is 14.1 Å². The van der Waals surface area contributed by atoms with Crippen LogP contribution in [0, 0.1) is 0 Å². The summed E-state index contributed by atoms with van der Waals surface area (Å²) in [5, 5.41) is 11.0. The van der Waals surface area contributed by atoms with Gasteiger partial charge in [0.05, 0.1) is 5.56 Å². The van der Waals surface area contributed by atoms with Gasteiger partial charge >= 0.3 is 5.97 Å². The Morgan fingerprint density at radius 3 is 2.33 bits per heavy atom. The molecule has 2 N–H and O–H groups in total. The highest BCUT2D eigenvalue weighted by atomic mass is 32.2. The third-order valence-electron chi connectivity index (χ3n) is 3.98. The van der Waals surface area contributed by atoms with Crippen molar-refractivity contribution >= 4 is 29.5 Å². The Balaban J connectivity index is 2.13. The number of carboxylic acid groups (broad SMARTS) is 1. The molecule has 0 saturated heterocycles. The van der Waals surface area contributed by atoms with Gasteiger partial charge in [-0.2, -0.15) is 0 Å². The number of nitrogens with one attached hydrogen (secondary N) is 1. The van der Waals surface area contributed by atoms with Crippen LogP contribution in [0.1, 0.15) is 33.2 Å². The first-order valence-electron chi connectivity index (χ1n) is 8.38. The maximum Gasteiger partial charge on any atom is 0.316 e. The van der Waals surface area contributed by atoms with Gasteiger partial charge in [-0.05, 0) is 36.8 Å². The van der Waals surface area contributed by atoms with E-state index in [-0.39, 0.29) is 11.8 Å². The van der Waals surface area contributed by atoms with Gasteiger partial charge < -0.3 is 15.3 Å². The number of hydrogen-bond acceptors (Lipinski definition) is 4. The topological polar surface area (TPSA) is 86.7 Å². The molecule has 2 aromatic carbocycles. The predicted octanol–water partition coefficient (Wildman–Crippen LogP) is 2.88. The zero-order valence-electron chi connectivity index (χ0n) is 15.4. The van der Waals surface area contributed by atoms with Gasteiger partial charge in [0.25, 0.3) is 11.8 Å². The number of rotatable bonds is 7. The van der Waals surface area contributed by atoms with Crippen LogP contribution < -0.4 is 5.32 Å². The second-order valence-corrected chi connectivity index (χ2v) is 7.41. The van der Waals surface area contributed by atoms with E-state index in [2.05, 4.69) is 5.32 Å². The molecule has 0 aliphatic rings. The summed E-state index contributed by atoms with van der Waals surface area (Å²) in [7, 11) is 3.26. The first-order valence-corrected chi connectivity index (χ1v) is 9.26. The molecule has 0 aliphatic heterocycles. The van der Waals surface area contributed by atoms with Crippen LogP contribution >= 0.6 is 11.8 Å². The van der Waals surface area contributed by atoms with Gasteiger partial charge in [0.2, 0.25) is 0 Å². The van der Waals surface area contributed by atoms with Crippen molar-refractivity contribution in [3.05, 3.63) is 65.2 Å². The molecule has 0 bridgehead atoms. The zero-order valence-corrected chi connectivity index (χ0v) is 16.2. The third kappa shape index (κ3) is 5.34. The van der Waals surface area contributed by atoms with Crippen LogP contribution in [0.3, 0.4) is 0 Å². The van der Waals surface area contributed by atoms with Crippen LogP contribution in [0.25, 0.3) is 0 Å². The van der Waals surface area contributed by atoms with Gasteiger partial charge in [-0.15, -0.1) is 11.8 Å². The quantitative estimate of drug-likeness (QED) is 0.715. The molecular formula is C20H22N2O4S. The molecule has 0 fully saturated rings. The van der Waals surface area contributed by atoms with E-state index < -0.39 is 11.2 Å². The monoisotopic (exact) mass is 386 g/mol. The van der Waals surface area contributed by atoms with Gasteiger partial charge in [0, 0.05) is 31.1 Å². The Hall–Kier alpha value is -2.80. The summed E-state index contributed by atoms with van der Waals surface area (Å²) in [4.78, 5) is 37.8. The van der Waals surface area contributed by atoms with Gasteiger partial charge in [0.1, 0.15) is 5.25 Å². The number of aliphatic carboxylic acids is 1. The van der Waals surface area contributed by atoms with Crippen LogP contribution in [0.5, 0.6) is 0 Å². The average molecular weight is 386 g/mol. The van der Waals surface area contributed by atoms with Crippen LogP contribution in [0.15, 0.2) is 53.4 Å². The lowest BCUT2D eigenvalue weighted by Gasteiger charge is -2.19. The van der Waals surface area contributed by atoms with Crippen LogP contribution in [0.2, 0.25) is 0 Å². The Morgan fingerprint density at radius 1 is 1.11 bits per heavy atom. The smallest absolute Gasteiger partial charge is 0.316 e. The molecule has 0 spiro atoms. The van der Waals surface area contributed by atoms with Gasteiger partial charge in [-0.1, -0.05) is 24.3 Å². The van der Waals surface area contributed by atoms with E-state index in [1.54, 1.807) is 62.3 Å². The van der Waals surface area contributed by atoms with Crippen molar-refractivity contribution in [1.29, 1.82) is 0 Å². The predicted molar refractivity (Wildman–Crippen MR) is 105 cm³/mol. The summed E-state index contributed by atoms with van der Waals surface area (Å²) in [6, 6.07) is 14.0. The van der Waals surface area contributed by atoms with E-state index in [9.17, 15) is 14.4 Å². The van der Waals surface area contributed by atoms with E-state index in [1.807, 2.05) is 12.1 Å². The summed E-state index contributed by atoms with van der Waals surface area (Å²) in [6.07, 6.45) is 0. The Labute approximate surface area is 162 Å². The molecule has 0 aromatic heterocycles. The maximum absolute atomic E-state index is 12.8. The molecule has 2 amide bonds. The van der Waals surface area contributed by atoms with Crippen molar-refractivity contribution in [2.45, 2.75) is 23.6 Å². The van der Waals surface area contributed by atoms with Gasteiger partial charge in [0.15, 0.2) is 0 Å². The van der Waals surface area contributed by atoms with Crippen molar-refractivity contribution in [2.24, 2.45) is 0 Å². The number of amides is 2. The van der Waals surface area contributed by atoms with E-state index in [0.717, 1.165) is 17.3 Å². The highest BCUT2D eigenvalue weighted by Gasteiger charge is 2.20. The number of carbonyl (C=O) groups is 3. The molecule has 0 aliphatic carbocycles. The molecule has 2 aromatic rings. The van der Waals surface area contributed by atoms with Gasteiger partial charge in [-0.25, -0.2) is 0 Å². The highest BCUT2D eigenvalue weighted by molar-refractivity contribution is 8.00. The SMILES string of the molecule is CNC(=O)c1ccc(CN(C)C(=O)c2ccccc2SC(C)C(=O)O)cc1. The first kappa shape index (κ1) is 20.5. The second-order valence-electron chi connectivity index (χ2n) is 6.03. The van der Waals surface area contributed by atoms with Crippen LogP contribution in [-0.4, -0.2) is 47.1 Å². The van der Waals surface area contributed by atoms with Gasteiger partial charge in [-0.3, -0.25) is 14.4 Å². The van der Waals surface area contributed by atoms with E-state index in [0.29, 0.717) is 22.6 Å². The summed E-state index contributed by atoms with van der Waals surface area (Å²) < 4.78 is 0. The standard InChI is InChI=1S/C20H22N2O4S/c1-13(20(25)26)27-17-7-5-4-6-16(17)19(24)22(3)12-14-8-10-15(11-9-14)18(23)21-2/h4-11,13H,12H2,1-3H3,(H,21,23)(H,25,26). The van der Waals surface area contributed by atoms with Crippen molar-refractivity contribution < 1.29 is 19.5 Å². The first-order chi connectivity index (χ1) is 12.8. The number of thioether (sulfide) groups is 1. The van der Waals surface area contributed by atoms with Crippen molar-refractivity contribution in [3.8, 4) is 0 Å². The lowest BCUT2D eigenvalue weighted by Crippen LogP contribution is -2.27. The number of nitrogens with zero attached hydrogens (tertiary/aromatic N) is 1. The van der Waals surface area contributed by atoms with Crippen LogP contribution in [-0.2, 0) is 11.3 Å². The molecule has 0 saturated carbocycles. The van der Waals surface area contributed by atoms with Crippen LogP contribution in [0.4, 0.5) is 0 Å². The fraction of sp³-hybridized carbons (Fsp3) is 0.250. The number of carbonyl (C=O) groups excluding carboxylic acids is 2. The minimum absolute atomic E-state index is 0.163. The molecule has 2 rings (SSSR count). The fourth-order valence-corrected chi connectivity index (χ4v) is 3.37. The minimum Gasteiger partial charge on any atom is -0.480 e. The summed E-state index contributed by atoms with van der Waals surface area (Å²) in [6.45, 7) is 1.96. The van der Waals surface area contributed by atoms with Crippen molar-refractivity contribution in [1.82, 2.24) is 10.2 Å². The van der Waals surface area contributed by atoms with E-state index in [4.69, 9.17) is 5.11 Å². The number of benzene rings is 2. The van der Waals surface area contributed by atoms with Crippen molar-refractivity contribution in [3.63, 3.8) is 0 Å². The molecule has 27 heavy (non-hydrogen) atoms. The molecular weight excluding hydrogens is 364 g/mol. The molecule has 0 radical (unpaired) electrons. The summed E-state index contributed by atoms with van der Waals surface area (Å²) in [5.74, 6) is -1.28. The normalized spacial score (nSPS) is 11.5. The average Bonchev–Trinajstić information content (AvgIpc) is 2.67. The Morgan fingerprint density at radius 2 is 1.74 bits per heavy atom. The van der Waals surface area contributed by atoms with E-state index in [1.165, 1.54) is 0 Å². The Kier molecular flexibility index (Phi) is 7.01. The van der Waals surface area contributed by atoms with E-state index >= 15 is 0 Å². The Bertz CT molecular complexity index is 836. The maximum atomic E-state index is 12.8. The summed E-state index contributed by atoms with van der Waals surface area (Å²) in [5.41, 5.74) is 1.92. The lowest BCUT2D eigenvalue weighted by molar-refractivity contribution is -0.136. The number of carboxylic acids is 1. The lowest BCUT2D eigenvalue weighted by atomic mass is 10.1. The molecule has 142 valence electrons. The molecule has 1 unspecified atom stereocenters. The highest BCUT2D eigenvalue weighted by Crippen LogP contribution is 2.28. The molecule has 6 nitrogen and oxygen atoms in total. The fourth-order valence-electron chi connectivity index (χ4n) is 2.44. The zero-order chi connectivity index (χ0) is 20.0. The minimum atomic E-state index is -0.924.